The van der Waals surface area contributed by atoms with Gasteiger partial charge in [0.1, 0.15) is 0 Å². The summed E-state index contributed by atoms with van der Waals surface area (Å²) in [6.45, 7) is 3.28. The maximum absolute atomic E-state index is 12.4. The molecule has 1 aliphatic heterocycles. The fourth-order valence-electron chi connectivity index (χ4n) is 2.28. The number of aromatic nitrogens is 3. The van der Waals surface area contributed by atoms with E-state index in [9.17, 15) is 4.79 Å². The van der Waals surface area contributed by atoms with E-state index in [0.717, 1.165) is 38.3 Å². The zero-order valence-electron chi connectivity index (χ0n) is 11.2. The predicted molar refractivity (Wildman–Crippen MR) is 74.7 cm³/mol. The summed E-state index contributed by atoms with van der Waals surface area (Å²) in [4.78, 5) is 14.2. The molecule has 0 spiro atoms. The molecule has 2 heterocycles. The Morgan fingerprint density at radius 3 is 2.85 bits per heavy atom. The van der Waals surface area contributed by atoms with Crippen LogP contribution in [0.4, 0.5) is 0 Å². The number of hydrogen-bond donors (Lipinski definition) is 1. The lowest BCUT2D eigenvalue weighted by atomic mass is 10.3. The summed E-state index contributed by atoms with van der Waals surface area (Å²) in [7, 11) is 0. The Morgan fingerprint density at radius 2 is 2.00 bits per heavy atom. The number of carbonyl (C=O) groups excluding carboxylic acids is 1. The minimum absolute atomic E-state index is 0.0455. The highest BCUT2D eigenvalue weighted by Crippen LogP contribution is 2.08. The van der Waals surface area contributed by atoms with Gasteiger partial charge in [-0.3, -0.25) is 4.79 Å². The molecule has 1 aromatic carbocycles. The summed E-state index contributed by atoms with van der Waals surface area (Å²) in [5.74, 6) is -0.0455. The van der Waals surface area contributed by atoms with Crippen LogP contribution in [-0.2, 0) is 0 Å². The van der Waals surface area contributed by atoms with Crippen LogP contribution < -0.4 is 5.32 Å². The van der Waals surface area contributed by atoms with E-state index in [1.54, 1.807) is 10.9 Å². The first-order valence-corrected chi connectivity index (χ1v) is 6.82. The Labute approximate surface area is 117 Å². The molecule has 3 rings (SSSR count). The first-order chi connectivity index (χ1) is 9.84. The van der Waals surface area contributed by atoms with Crippen LogP contribution in [0.2, 0.25) is 0 Å². The van der Waals surface area contributed by atoms with E-state index < -0.39 is 0 Å². The van der Waals surface area contributed by atoms with Gasteiger partial charge in [0, 0.05) is 19.6 Å². The first kappa shape index (κ1) is 12.8. The van der Waals surface area contributed by atoms with E-state index in [0.29, 0.717) is 5.69 Å². The molecule has 0 unspecified atom stereocenters. The molecule has 1 fully saturated rings. The molecular formula is C14H17N5O. The van der Waals surface area contributed by atoms with Crippen LogP contribution >= 0.6 is 0 Å². The van der Waals surface area contributed by atoms with Crippen molar-refractivity contribution in [1.29, 1.82) is 0 Å². The standard InChI is InChI=1S/C14H17N5O/c20-14(18-9-4-7-15-8-10-18)13-11-19(17-16-13)12-5-2-1-3-6-12/h1-3,5-6,11,15H,4,7-10H2. The Bertz CT molecular complexity index is 572. The quantitative estimate of drug-likeness (QED) is 0.873. The van der Waals surface area contributed by atoms with Gasteiger partial charge in [-0.25, -0.2) is 4.68 Å². The normalized spacial score (nSPS) is 15.9. The van der Waals surface area contributed by atoms with Crippen LogP contribution in [0.5, 0.6) is 0 Å². The number of rotatable bonds is 2. The van der Waals surface area contributed by atoms with Gasteiger partial charge in [0.15, 0.2) is 5.69 Å². The molecule has 0 radical (unpaired) electrons. The summed E-state index contributed by atoms with van der Waals surface area (Å²) in [5.41, 5.74) is 1.30. The van der Waals surface area contributed by atoms with Crippen molar-refractivity contribution in [3.63, 3.8) is 0 Å². The highest BCUT2D eigenvalue weighted by Gasteiger charge is 2.20. The van der Waals surface area contributed by atoms with Crippen LogP contribution in [0.1, 0.15) is 16.9 Å². The third-order valence-electron chi connectivity index (χ3n) is 3.36. The van der Waals surface area contributed by atoms with E-state index >= 15 is 0 Å². The maximum Gasteiger partial charge on any atom is 0.276 e. The average Bonchev–Trinajstić information content (AvgIpc) is 2.83. The molecule has 1 aliphatic rings. The Kier molecular flexibility index (Phi) is 3.73. The third kappa shape index (κ3) is 2.70. The second kappa shape index (κ2) is 5.83. The first-order valence-electron chi connectivity index (χ1n) is 6.82. The lowest BCUT2D eigenvalue weighted by Crippen LogP contribution is -2.34. The molecule has 0 bridgehead atoms. The van der Waals surface area contributed by atoms with E-state index in [2.05, 4.69) is 15.6 Å². The summed E-state index contributed by atoms with van der Waals surface area (Å²) in [6.07, 6.45) is 2.66. The topological polar surface area (TPSA) is 63.1 Å². The number of amides is 1. The van der Waals surface area contributed by atoms with Crippen molar-refractivity contribution in [3.05, 3.63) is 42.2 Å². The molecule has 20 heavy (non-hydrogen) atoms. The Morgan fingerprint density at radius 1 is 1.15 bits per heavy atom. The monoisotopic (exact) mass is 271 g/mol. The minimum Gasteiger partial charge on any atom is -0.336 e. The number of nitrogens with one attached hydrogen (secondary N) is 1. The van der Waals surface area contributed by atoms with Gasteiger partial charge in [0.05, 0.1) is 11.9 Å². The van der Waals surface area contributed by atoms with Gasteiger partial charge >= 0.3 is 0 Å². The molecular weight excluding hydrogens is 254 g/mol. The third-order valence-corrected chi connectivity index (χ3v) is 3.36. The highest BCUT2D eigenvalue weighted by atomic mass is 16.2. The summed E-state index contributed by atoms with van der Waals surface area (Å²) < 4.78 is 1.63. The van der Waals surface area contributed by atoms with Crippen LogP contribution in [0.15, 0.2) is 36.5 Å². The molecule has 1 N–H and O–H groups in total. The Balaban J connectivity index is 1.77. The van der Waals surface area contributed by atoms with Gasteiger partial charge < -0.3 is 10.2 Å². The van der Waals surface area contributed by atoms with E-state index in [4.69, 9.17) is 0 Å². The van der Waals surface area contributed by atoms with Crippen molar-refractivity contribution in [2.45, 2.75) is 6.42 Å². The molecule has 0 aliphatic carbocycles. The number of para-hydroxylation sites is 1. The zero-order chi connectivity index (χ0) is 13.8. The van der Waals surface area contributed by atoms with Gasteiger partial charge in [-0.1, -0.05) is 23.4 Å². The molecule has 1 amide bonds. The van der Waals surface area contributed by atoms with Crippen LogP contribution in [-0.4, -0.2) is 52.0 Å². The van der Waals surface area contributed by atoms with Gasteiger partial charge in [0.2, 0.25) is 0 Å². The van der Waals surface area contributed by atoms with Gasteiger partial charge in [-0.15, -0.1) is 5.10 Å². The smallest absolute Gasteiger partial charge is 0.276 e. The maximum atomic E-state index is 12.4. The van der Waals surface area contributed by atoms with Crippen molar-refractivity contribution in [3.8, 4) is 5.69 Å². The second-order valence-electron chi connectivity index (χ2n) is 4.78. The summed E-state index contributed by atoms with van der Waals surface area (Å²) in [6, 6.07) is 9.66. The van der Waals surface area contributed by atoms with Crippen molar-refractivity contribution in [2.24, 2.45) is 0 Å². The fraction of sp³-hybridized carbons (Fsp3) is 0.357. The van der Waals surface area contributed by atoms with Crippen molar-refractivity contribution >= 4 is 5.91 Å². The van der Waals surface area contributed by atoms with Gasteiger partial charge in [-0.2, -0.15) is 0 Å². The lowest BCUT2D eigenvalue weighted by molar-refractivity contribution is 0.0760. The SMILES string of the molecule is O=C(c1cn(-c2ccccc2)nn1)N1CCCNCC1. The van der Waals surface area contributed by atoms with Crippen molar-refractivity contribution < 1.29 is 4.79 Å². The predicted octanol–water partition coefficient (Wildman–Crippen LogP) is 0.703. The molecule has 104 valence electrons. The second-order valence-corrected chi connectivity index (χ2v) is 4.78. The van der Waals surface area contributed by atoms with Gasteiger partial charge in [-0.05, 0) is 25.1 Å². The van der Waals surface area contributed by atoms with Crippen LogP contribution in [0.3, 0.4) is 0 Å². The minimum atomic E-state index is -0.0455. The fourth-order valence-corrected chi connectivity index (χ4v) is 2.28. The number of hydrogen-bond acceptors (Lipinski definition) is 4. The molecule has 1 aromatic heterocycles. The van der Waals surface area contributed by atoms with E-state index in [1.165, 1.54) is 0 Å². The Hall–Kier alpha value is -2.21. The molecule has 6 nitrogen and oxygen atoms in total. The van der Waals surface area contributed by atoms with Crippen molar-refractivity contribution in [1.82, 2.24) is 25.2 Å². The van der Waals surface area contributed by atoms with Crippen LogP contribution in [0, 0.1) is 0 Å². The lowest BCUT2D eigenvalue weighted by Gasteiger charge is -2.17. The number of benzene rings is 1. The summed E-state index contributed by atoms with van der Waals surface area (Å²) >= 11 is 0. The molecule has 0 saturated carbocycles. The van der Waals surface area contributed by atoms with Crippen molar-refractivity contribution in [2.75, 3.05) is 26.2 Å². The number of carbonyl (C=O) groups is 1. The summed E-state index contributed by atoms with van der Waals surface area (Å²) in [5, 5.41) is 11.3. The van der Waals surface area contributed by atoms with Gasteiger partial charge in [0.25, 0.3) is 5.91 Å². The zero-order valence-corrected chi connectivity index (χ0v) is 11.2. The largest absolute Gasteiger partial charge is 0.336 e. The van der Waals surface area contributed by atoms with E-state index in [-0.39, 0.29) is 5.91 Å². The van der Waals surface area contributed by atoms with E-state index in [1.807, 2.05) is 35.2 Å². The molecule has 1 saturated heterocycles. The molecule has 0 atom stereocenters. The number of nitrogens with zero attached hydrogens (tertiary/aromatic N) is 4. The molecule has 6 heteroatoms. The highest BCUT2D eigenvalue weighted by molar-refractivity contribution is 5.92. The molecule has 2 aromatic rings. The average molecular weight is 271 g/mol. The van der Waals surface area contributed by atoms with Crippen LogP contribution in [0.25, 0.3) is 5.69 Å².